The van der Waals surface area contributed by atoms with Gasteiger partial charge in [0, 0.05) is 17.8 Å². The van der Waals surface area contributed by atoms with E-state index in [-0.39, 0.29) is 10.6 Å². The summed E-state index contributed by atoms with van der Waals surface area (Å²) in [6.07, 6.45) is 1.61. The Hall–Kier alpha value is -3.98. The van der Waals surface area contributed by atoms with Crippen molar-refractivity contribution in [3.63, 3.8) is 0 Å². The number of nitrogens with one attached hydrogen (secondary N) is 1. The first kappa shape index (κ1) is 25.6. The molecule has 0 heterocycles. The zero-order valence-corrected chi connectivity index (χ0v) is 20.7. The molecule has 0 aromatic heterocycles. The molecule has 0 unspecified atom stereocenters. The highest BCUT2D eigenvalue weighted by molar-refractivity contribution is 7.92. The summed E-state index contributed by atoms with van der Waals surface area (Å²) in [7, 11) is -1.14. The zero-order chi connectivity index (χ0) is 25.4. The van der Waals surface area contributed by atoms with Gasteiger partial charge in [0.2, 0.25) is 5.91 Å². The minimum atomic E-state index is -4.08. The van der Waals surface area contributed by atoms with Crippen LogP contribution in [0.3, 0.4) is 0 Å². The van der Waals surface area contributed by atoms with Gasteiger partial charge in [0.05, 0.1) is 24.8 Å². The molecule has 3 aromatic carbocycles. The summed E-state index contributed by atoms with van der Waals surface area (Å²) in [5, 5.41) is 2.74. The number of ether oxygens (including phenoxy) is 3. The van der Waals surface area contributed by atoms with Crippen LogP contribution in [0.4, 0.5) is 11.4 Å². The van der Waals surface area contributed by atoms with E-state index in [1.807, 2.05) is 6.92 Å². The molecule has 8 nitrogen and oxygen atoms in total. The Morgan fingerprint density at radius 3 is 2.37 bits per heavy atom. The van der Waals surface area contributed by atoms with Crippen LogP contribution < -0.4 is 23.8 Å². The Morgan fingerprint density at radius 1 is 1.00 bits per heavy atom. The molecule has 0 saturated heterocycles. The van der Waals surface area contributed by atoms with E-state index in [4.69, 9.17) is 14.2 Å². The van der Waals surface area contributed by atoms with E-state index in [2.05, 4.69) is 11.9 Å². The van der Waals surface area contributed by atoms with Crippen LogP contribution in [0.2, 0.25) is 0 Å². The normalized spacial score (nSPS) is 10.8. The van der Waals surface area contributed by atoms with E-state index in [0.717, 1.165) is 9.87 Å². The van der Waals surface area contributed by atoms with Crippen molar-refractivity contribution in [1.29, 1.82) is 0 Å². The average molecular weight is 497 g/mol. The molecule has 0 radical (unpaired) electrons. The van der Waals surface area contributed by atoms with E-state index < -0.39 is 22.5 Å². The highest BCUT2D eigenvalue weighted by Crippen LogP contribution is 2.34. The molecule has 0 spiro atoms. The Kier molecular flexibility index (Phi) is 8.38. The number of anilines is 2. The fourth-order valence-corrected chi connectivity index (χ4v) is 4.70. The monoisotopic (exact) mass is 496 g/mol. The van der Waals surface area contributed by atoms with Crippen LogP contribution in [0.1, 0.15) is 5.56 Å². The summed E-state index contributed by atoms with van der Waals surface area (Å²) in [5.41, 5.74) is 1.64. The first-order valence-electron chi connectivity index (χ1n) is 10.7. The number of carbonyl (C=O) groups excluding carboxylic acids is 1. The number of amides is 1. The van der Waals surface area contributed by atoms with Crippen molar-refractivity contribution >= 4 is 27.3 Å². The second-order valence-corrected chi connectivity index (χ2v) is 9.40. The molecule has 1 amide bonds. The van der Waals surface area contributed by atoms with Gasteiger partial charge in [0.15, 0.2) is 11.5 Å². The third-order valence-corrected chi connectivity index (χ3v) is 6.83. The molecule has 0 aliphatic carbocycles. The highest BCUT2D eigenvalue weighted by atomic mass is 32.2. The van der Waals surface area contributed by atoms with E-state index in [9.17, 15) is 13.2 Å². The fraction of sp³-hybridized carbons (Fsp3) is 0.192. The van der Waals surface area contributed by atoms with Crippen LogP contribution in [-0.4, -0.2) is 41.7 Å². The lowest BCUT2D eigenvalue weighted by Gasteiger charge is -2.25. The lowest BCUT2D eigenvalue weighted by Crippen LogP contribution is -2.38. The van der Waals surface area contributed by atoms with Crippen molar-refractivity contribution in [2.45, 2.75) is 11.8 Å². The minimum absolute atomic E-state index is 0.0607. The first-order chi connectivity index (χ1) is 16.8. The average Bonchev–Trinajstić information content (AvgIpc) is 2.86. The molecule has 0 aliphatic rings. The second kappa shape index (κ2) is 11.4. The summed E-state index contributed by atoms with van der Waals surface area (Å²) >= 11 is 0. The van der Waals surface area contributed by atoms with Crippen molar-refractivity contribution in [3.8, 4) is 17.2 Å². The summed E-state index contributed by atoms with van der Waals surface area (Å²) in [6.45, 7) is 5.32. The van der Waals surface area contributed by atoms with Gasteiger partial charge in [-0.15, -0.1) is 0 Å². The Bertz CT molecular complexity index is 1290. The summed E-state index contributed by atoms with van der Waals surface area (Å²) in [5.74, 6) is 0.786. The third-order valence-electron chi connectivity index (χ3n) is 5.04. The van der Waals surface area contributed by atoms with E-state index >= 15 is 0 Å². The van der Waals surface area contributed by atoms with Crippen molar-refractivity contribution < 1.29 is 27.4 Å². The van der Waals surface area contributed by atoms with Crippen molar-refractivity contribution in [2.24, 2.45) is 0 Å². The SMILES string of the molecule is C=CCOc1cccc(NC(=O)CN(c2ccc(OC)c(OC)c2)S(=O)(=O)c2ccc(C)cc2)c1. The maximum atomic E-state index is 13.6. The maximum absolute atomic E-state index is 13.6. The van der Waals surface area contributed by atoms with Crippen molar-refractivity contribution in [2.75, 3.05) is 37.0 Å². The lowest BCUT2D eigenvalue weighted by atomic mass is 10.2. The smallest absolute Gasteiger partial charge is 0.264 e. The van der Waals surface area contributed by atoms with Gasteiger partial charge in [-0.1, -0.05) is 36.4 Å². The number of carbonyl (C=O) groups is 1. The predicted octanol–water partition coefficient (Wildman–Crippen LogP) is 4.41. The molecule has 184 valence electrons. The summed E-state index contributed by atoms with van der Waals surface area (Å²) < 4.78 is 44.3. The number of methoxy groups -OCH3 is 2. The Balaban J connectivity index is 1.95. The maximum Gasteiger partial charge on any atom is 0.264 e. The summed E-state index contributed by atoms with van der Waals surface area (Å²) in [4.78, 5) is 13.1. The van der Waals surface area contributed by atoms with E-state index in [0.29, 0.717) is 29.5 Å². The quantitative estimate of drug-likeness (QED) is 0.395. The fourth-order valence-electron chi connectivity index (χ4n) is 3.28. The number of nitrogens with zero attached hydrogens (tertiary/aromatic N) is 1. The van der Waals surface area contributed by atoms with Crippen LogP contribution in [0.15, 0.2) is 84.3 Å². The van der Waals surface area contributed by atoms with Gasteiger partial charge in [0.1, 0.15) is 18.9 Å². The number of aryl methyl sites for hydroxylation is 1. The van der Waals surface area contributed by atoms with E-state index in [1.54, 1.807) is 54.6 Å². The molecule has 9 heteroatoms. The predicted molar refractivity (Wildman–Crippen MR) is 136 cm³/mol. The third kappa shape index (κ3) is 6.33. The molecule has 0 fully saturated rings. The molecule has 0 aliphatic heterocycles. The van der Waals surface area contributed by atoms with Crippen LogP contribution in [0.25, 0.3) is 0 Å². The number of hydrogen-bond acceptors (Lipinski definition) is 6. The standard InChI is InChI=1S/C26H28N2O6S/c1-5-15-34-22-8-6-7-20(16-22)27-26(29)18-28(21-11-14-24(32-3)25(17-21)33-4)35(30,31)23-12-9-19(2)10-13-23/h5-14,16-17H,1,15,18H2,2-4H3,(H,27,29). The molecule has 3 rings (SSSR count). The van der Waals surface area contributed by atoms with Crippen LogP contribution in [-0.2, 0) is 14.8 Å². The van der Waals surface area contributed by atoms with Crippen LogP contribution in [0.5, 0.6) is 17.2 Å². The minimum Gasteiger partial charge on any atom is -0.493 e. The largest absolute Gasteiger partial charge is 0.493 e. The molecule has 35 heavy (non-hydrogen) atoms. The highest BCUT2D eigenvalue weighted by Gasteiger charge is 2.28. The van der Waals surface area contributed by atoms with Gasteiger partial charge in [0.25, 0.3) is 10.0 Å². The topological polar surface area (TPSA) is 94.2 Å². The van der Waals surface area contributed by atoms with Gasteiger partial charge >= 0.3 is 0 Å². The van der Waals surface area contributed by atoms with Gasteiger partial charge in [-0.3, -0.25) is 9.10 Å². The van der Waals surface area contributed by atoms with E-state index in [1.165, 1.54) is 32.4 Å². The molecule has 0 saturated carbocycles. The second-order valence-electron chi connectivity index (χ2n) is 7.54. The van der Waals surface area contributed by atoms with Crippen LogP contribution >= 0.6 is 0 Å². The van der Waals surface area contributed by atoms with Gasteiger partial charge in [-0.05, 0) is 43.3 Å². The molecular weight excluding hydrogens is 468 g/mol. The summed E-state index contributed by atoms with van der Waals surface area (Å²) in [6, 6.07) is 17.9. The number of rotatable bonds is 11. The van der Waals surface area contributed by atoms with Gasteiger partial charge in [-0.2, -0.15) is 0 Å². The number of benzene rings is 3. The molecule has 0 atom stereocenters. The van der Waals surface area contributed by atoms with Crippen LogP contribution in [0, 0.1) is 6.92 Å². The molecule has 0 bridgehead atoms. The molecule has 1 N–H and O–H groups in total. The molecular formula is C26H28N2O6S. The zero-order valence-electron chi connectivity index (χ0n) is 19.9. The Morgan fingerprint density at radius 2 is 1.71 bits per heavy atom. The number of hydrogen-bond donors (Lipinski definition) is 1. The lowest BCUT2D eigenvalue weighted by molar-refractivity contribution is -0.114. The van der Waals surface area contributed by atoms with Crippen molar-refractivity contribution in [3.05, 3.63) is 84.9 Å². The Labute approximate surface area is 205 Å². The van der Waals surface area contributed by atoms with Gasteiger partial charge in [-0.25, -0.2) is 8.42 Å². The van der Waals surface area contributed by atoms with Crippen molar-refractivity contribution in [1.82, 2.24) is 0 Å². The van der Waals surface area contributed by atoms with Gasteiger partial charge < -0.3 is 19.5 Å². The molecule has 3 aromatic rings. The first-order valence-corrected chi connectivity index (χ1v) is 12.2. The number of sulfonamides is 1.